The first kappa shape index (κ1) is 13.3. The molecule has 0 heterocycles. The molecule has 4 heteroatoms. The second-order valence-corrected chi connectivity index (χ2v) is 5.30. The van der Waals surface area contributed by atoms with Gasteiger partial charge >= 0.3 is 0 Å². The van der Waals surface area contributed by atoms with Gasteiger partial charge in [0.2, 0.25) is 0 Å². The van der Waals surface area contributed by atoms with Gasteiger partial charge in [-0.05, 0) is 24.1 Å². The van der Waals surface area contributed by atoms with E-state index in [-0.39, 0.29) is 11.9 Å². The van der Waals surface area contributed by atoms with E-state index in [0.717, 1.165) is 18.5 Å². The van der Waals surface area contributed by atoms with Crippen molar-refractivity contribution in [2.75, 3.05) is 18.6 Å². The maximum atomic E-state index is 12.8. The first-order valence-corrected chi connectivity index (χ1v) is 7.15. The van der Waals surface area contributed by atoms with Crippen LogP contribution in [0.2, 0.25) is 0 Å². The van der Waals surface area contributed by atoms with Gasteiger partial charge in [-0.25, -0.2) is 4.39 Å². The normalized spacial score (nSPS) is 14.7. The minimum absolute atomic E-state index is 0.212. The number of halogens is 1. The lowest BCUT2D eigenvalue weighted by molar-refractivity contribution is 0.536. The lowest BCUT2D eigenvalue weighted by atomic mass is 10.0. The van der Waals surface area contributed by atoms with E-state index in [0.29, 0.717) is 5.75 Å². The van der Waals surface area contributed by atoms with Crippen molar-refractivity contribution in [3.63, 3.8) is 0 Å². The summed E-state index contributed by atoms with van der Waals surface area (Å²) >= 11 is 0. The molecule has 2 nitrogen and oxygen atoms in total. The molecular weight excluding hydrogens is 225 g/mol. The summed E-state index contributed by atoms with van der Waals surface area (Å²) in [5, 5.41) is 3.32. The Morgan fingerprint density at radius 2 is 2.00 bits per heavy atom. The van der Waals surface area contributed by atoms with E-state index in [1.807, 2.05) is 0 Å². The van der Waals surface area contributed by atoms with Gasteiger partial charge in [0.1, 0.15) is 5.82 Å². The summed E-state index contributed by atoms with van der Waals surface area (Å²) in [6, 6.07) is 6.73. The van der Waals surface area contributed by atoms with Crippen molar-refractivity contribution >= 4 is 10.8 Å². The van der Waals surface area contributed by atoms with Gasteiger partial charge in [-0.1, -0.05) is 19.1 Å². The van der Waals surface area contributed by atoms with E-state index < -0.39 is 10.8 Å². The van der Waals surface area contributed by atoms with Crippen molar-refractivity contribution in [3.8, 4) is 0 Å². The van der Waals surface area contributed by atoms with Gasteiger partial charge in [-0.15, -0.1) is 0 Å². The summed E-state index contributed by atoms with van der Waals surface area (Å²) in [6.07, 6.45) is 2.63. The molecule has 16 heavy (non-hydrogen) atoms. The van der Waals surface area contributed by atoms with Crippen molar-refractivity contribution in [3.05, 3.63) is 35.6 Å². The molecule has 0 aromatic heterocycles. The molecule has 0 aliphatic heterocycles. The summed E-state index contributed by atoms with van der Waals surface area (Å²) in [4.78, 5) is 0. The maximum Gasteiger partial charge on any atom is 0.123 e. The molecule has 1 N–H and O–H groups in total. The van der Waals surface area contributed by atoms with Gasteiger partial charge < -0.3 is 5.32 Å². The third kappa shape index (κ3) is 4.41. The van der Waals surface area contributed by atoms with E-state index in [2.05, 4.69) is 12.2 Å². The summed E-state index contributed by atoms with van der Waals surface area (Å²) in [6.45, 7) is 2.79. The SMILES string of the molecule is CCC(NCCS(C)=O)c1ccc(F)cc1. The third-order valence-corrected chi connectivity index (χ3v) is 3.24. The van der Waals surface area contributed by atoms with E-state index in [1.165, 1.54) is 12.1 Å². The van der Waals surface area contributed by atoms with Crippen LogP contribution in [0.15, 0.2) is 24.3 Å². The maximum absolute atomic E-state index is 12.8. The summed E-state index contributed by atoms with van der Waals surface area (Å²) in [5.41, 5.74) is 1.07. The molecule has 0 spiro atoms. The first-order valence-electron chi connectivity index (χ1n) is 5.42. The summed E-state index contributed by atoms with van der Waals surface area (Å²) in [7, 11) is -0.767. The molecule has 90 valence electrons. The largest absolute Gasteiger partial charge is 0.309 e. The predicted octanol–water partition coefficient (Wildman–Crippen LogP) is 2.24. The van der Waals surface area contributed by atoms with Crippen molar-refractivity contribution < 1.29 is 8.60 Å². The van der Waals surface area contributed by atoms with E-state index >= 15 is 0 Å². The van der Waals surface area contributed by atoms with Crippen LogP contribution in [-0.2, 0) is 10.8 Å². The Morgan fingerprint density at radius 3 is 2.50 bits per heavy atom. The zero-order valence-electron chi connectivity index (χ0n) is 9.70. The number of rotatable bonds is 6. The molecule has 0 bridgehead atoms. The van der Waals surface area contributed by atoms with Gasteiger partial charge in [0.05, 0.1) is 0 Å². The van der Waals surface area contributed by atoms with E-state index in [9.17, 15) is 8.60 Å². The molecule has 0 saturated heterocycles. The van der Waals surface area contributed by atoms with Crippen LogP contribution in [0.3, 0.4) is 0 Å². The van der Waals surface area contributed by atoms with Gasteiger partial charge in [0, 0.05) is 35.4 Å². The third-order valence-electron chi connectivity index (χ3n) is 2.46. The molecule has 1 rings (SSSR count). The molecule has 0 aliphatic rings. The van der Waals surface area contributed by atoms with Gasteiger partial charge in [-0.3, -0.25) is 4.21 Å². The highest BCUT2D eigenvalue weighted by Gasteiger charge is 2.08. The average molecular weight is 243 g/mol. The van der Waals surface area contributed by atoms with Crippen LogP contribution in [-0.4, -0.2) is 22.8 Å². The van der Waals surface area contributed by atoms with Crippen LogP contribution in [0.4, 0.5) is 4.39 Å². The van der Waals surface area contributed by atoms with Gasteiger partial charge in [0.15, 0.2) is 0 Å². The van der Waals surface area contributed by atoms with Gasteiger partial charge in [0.25, 0.3) is 0 Å². The van der Waals surface area contributed by atoms with Crippen LogP contribution >= 0.6 is 0 Å². The monoisotopic (exact) mass is 243 g/mol. The van der Waals surface area contributed by atoms with Crippen molar-refractivity contribution in [2.45, 2.75) is 19.4 Å². The molecule has 1 aromatic carbocycles. The fraction of sp³-hybridized carbons (Fsp3) is 0.500. The van der Waals surface area contributed by atoms with Crippen LogP contribution in [0.25, 0.3) is 0 Å². The number of benzene rings is 1. The fourth-order valence-electron chi connectivity index (χ4n) is 1.57. The van der Waals surface area contributed by atoms with Crippen molar-refractivity contribution in [1.82, 2.24) is 5.32 Å². The van der Waals surface area contributed by atoms with Crippen molar-refractivity contribution in [1.29, 1.82) is 0 Å². The zero-order chi connectivity index (χ0) is 12.0. The van der Waals surface area contributed by atoms with Gasteiger partial charge in [-0.2, -0.15) is 0 Å². The molecule has 0 amide bonds. The molecule has 0 radical (unpaired) electrons. The smallest absolute Gasteiger partial charge is 0.123 e. The molecule has 1 aromatic rings. The lowest BCUT2D eigenvalue weighted by Gasteiger charge is -2.17. The highest BCUT2D eigenvalue weighted by atomic mass is 32.2. The number of nitrogens with one attached hydrogen (secondary N) is 1. The topological polar surface area (TPSA) is 29.1 Å². The summed E-state index contributed by atoms with van der Waals surface area (Å²) in [5.74, 6) is 0.436. The predicted molar refractivity (Wildman–Crippen MR) is 66.4 cm³/mol. The van der Waals surface area contributed by atoms with Crippen molar-refractivity contribution in [2.24, 2.45) is 0 Å². The minimum atomic E-state index is -0.767. The Labute approximate surface area is 98.7 Å². The number of hydrogen-bond acceptors (Lipinski definition) is 2. The molecule has 2 unspecified atom stereocenters. The number of hydrogen-bond donors (Lipinski definition) is 1. The van der Waals surface area contributed by atoms with E-state index in [4.69, 9.17) is 0 Å². The second kappa shape index (κ2) is 6.76. The van der Waals surface area contributed by atoms with E-state index in [1.54, 1.807) is 18.4 Å². The summed E-state index contributed by atoms with van der Waals surface area (Å²) < 4.78 is 23.7. The lowest BCUT2D eigenvalue weighted by Crippen LogP contribution is -2.25. The zero-order valence-corrected chi connectivity index (χ0v) is 10.5. The Bertz CT molecular complexity index is 339. The minimum Gasteiger partial charge on any atom is -0.309 e. The van der Waals surface area contributed by atoms with Crippen LogP contribution in [0.1, 0.15) is 24.9 Å². The Hall–Kier alpha value is -0.740. The Kier molecular flexibility index (Phi) is 5.63. The molecule has 0 saturated carbocycles. The average Bonchev–Trinajstić information content (AvgIpc) is 2.26. The quantitative estimate of drug-likeness (QED) is 0.830. The van der Waals surface area contributed by atoms with Crippen LogP contribution < -0.4 is 5.32 Å². The Morgan fingerprint density at radius 1 is 1.38 bits per heavy atom. The first-order chi connectivity index (χ1) is 7.63. The standard InChI is InChI=1S/C12H18FNOS/c1-3-12(14-8-9-16(2)15)10-4-6-11(13)7-5-10/h4-7,12,14H,3,8-9H2,1-2H3. The highest BCUT2D eigenvalue weighted by molar-refractivity contribution is 7.84. The second-order valence-electron chi connectivity index (χ2n) is 3.74. The molecule has 0 fully saturated rings. The van der Waals surface area contributed by atoms with Crippen LogP contribution in [0.5, 0.6) is 0 Å². The molecular formula is C12H18FNOS. The van der Waals surface area contributed by atoms with Crippen LogP contribution in [0, 0.1) is 5.82 Å². The fourth-order valence-corrected chi connectivity index (χ4v) is 1.98. The molecule has 0 aliphatic carbocycles. The molecule has 2 atom stereocenters. The Balaban J connectivity index is 2.53. The highest BCUT2D eigenvalue weighted by Crippen LogP contribution is 2.16.